The summed E-state index contributed by atoms with van der Waals surface area (Å²) in [4.78, 5) is 33.7. The number of likely N-dealkylation sites (tertiary alicyclic amines) is 1. The Morgan fingerprint density at radius 1 is 0.950 bits per heavy atom. The first kappa shape index (κ1) is 29.0. The van der Waals surface area contributed by atoms with Crippen molar-refractivity contribution in [3.63, 3.8) is 0 Å². The van der Waals surface area contributed by atoms with Crippen molar-refractivity contribution in [2.45, 2.75) is 70.6 Å². The number of hydrogen-bond acceptors (Lipinski definition) is 6. The van der Waals surface area contributed by atoms with Gasteiger partial charge in [0.25, 0.3) is 5.91 Å². The third-order valence-electron chi connectivity index (χ3n) is 8.70. The van der Waals surface area contributed by atoms with Gasteiger partial charge < -0.3 is 16.0 Å². The number of nitrogens with two attached hydrogens (primary N) is 1. The van der Waals surface area contributed by atoms with Crippen LogP contribution in [0.2, 0.25) is 0 Å². The molecule has 1 aromatic carbocycles. The third-order valence-corrected chi connectivity index (χ3v) is 10.4. The molecule has 5 rings (SSSR count). The van der Waals surface area contributed by atoms with Gasteiger partial charge in [0.2, 0.25) is 5.91 Å². The average molecular weight is 579 g/mol. The second-order valence-corrected chi connectivity index (χ2v) is 13.5. The minimum absolute atomic E-state index is 0.0121. The van der Waals surface area contributed by atoms with Gasteiger partial charge in [0, 0.05) is 37.1 Å². The fourth-order valence-electron chi connectivity index (χ4n) is 6.19. The van der Waals surface area contributed by atoms with Gasteiger partial charge in [-0.3, -0.25) is 14.5 Å². The maximum atomic E-state index is 13.8. The van der Waals surface area contributed by atoms with Crippen LogP contribution >= 0.6 is 22.7 Å². The molecule has 3 aromatic rings. The largest absolute Gasteiger partial charge is 0.354 e. The van der Waals surface area contributed by atoms with Crippen LogP contribution in [-0.4, -0.2) is 53.3 Å². The van der Waals surface area contributed by atoms with Crippen molar-refractivity contribution >= 4 is 34.5 Å². The Bertz CT molecular complexity index is 1200. The van der Waals surface area contributed by atoms with E-state index in [0.717, 1.165) is 51.7 Å². The first-order chi connectivity index (χ1) is 19.5. The fraction of sp³-hybridized carbons (Fsp3) is 0.500. The van der Waals surface area contributed by atoms with Gasteiger partial charge in [0.15, 0.2) is 0 Å². The number of hydrogen-bond donors (Lipinski definition) is 2. The summed E-state index contributed by atoms with van der Waals surface area (Å²) in [5.41, 5.74) is 8.40. The van der Waals surface area contributed by atoms with Crippen molar-refractivity contribution < 1.29 is 9.59 Å². The number of carbonyl (C=O) groups excluding carboxylic acids is 2. The zero-order valence-corrected chi connectivity index (χ0v) is 25.1. The summed E-state index contributed by atoms with van der Waals surface area (Å²) in [6.07, 6.45) is 5.99. The molecule has 214 valence electrons. The van der Waals surface area contributed by atoms with Crippen LogP contribution in [0.1, 0.15) is 64.2 Å². The molecular weight excluding hydrogens is 537 g/mol. The van der Waals surface area contributed by atoms with Gasteiger partial charge in [-0.2, -0.15) is 0 Å². The number of piperidine rings is 1. The molecule has 40 heavy (non-hydrogen) atoms. The Hall–Kier alpha value is -2.52. The molecule has 2 aliphatic rings. The molecule has 0 spiro atoms. The van der Waals surface area contributed by atoms with Crippen molar-refractivity contribution in [2.75, 3.05) is 19.6 Å². The summed E-state index contributed by atoms with van der Waals surface area (Å²) in [5, 5.41) is 7.32. The van der Waals surface area contributed by atoms with Crippen LogP contribution in [0.5, 0.6) is 0 Å². The minimum Gasteiger partial charge on any atom is -0.354 e. The smallest absolute Gasteiger partial charge is 0.264 e. The first-order valence-electron chi connectivity index (χ1n) is 14.6. The molecule has 2 fully saturated rings. The van der Waals surface area contributed by atoms with Gasteiger partial charge in [-0.05, 0) is 92.3 Å². The number of aryl methyl sites for hydroxylation is 1. The summed E-state index contributed by atoms with van der Waals surface area (Å²) >= 11 is 3.22. The first-order valence-corrected chi connectivity index (χ1v) is 16.4. The molecule has 2 atom stereocenters. The number of carbonyl (C=O) groups is 2. The van der Waals surface area contributed by atoms with Crippen molar-refractivity contribution in [3.05, 3.63) is 80.2 Å². The van der Waals surface area contributed by atoms with Crippen LogP contribution in [0.4, 0.5) is 0 Å². The second kappa shape index (κ2) is 13.9. The van der Waals surface area contributed by atoms with Crippen LogP contribution < -0.4 is 11.1 Å². The van der Waals surface area contributed by atoms with E-state index in [-0.39, 0.29) is 17.9 Å². The second-order valence-electron chi connectivity index (χ2n) is 11.5. The van der Waals surface area contributed by atoms with Crippen LogP contribution in [0.15, 0.2) is 59.3 Å². The highest BCUT2D eigenvalue weighted by Gasteiger charge is 2.39. The topological polar surface area (TPSA) is 78.7 Å². The van der Waals surface area contributed by atoms with E-state index in [1.807, 2.05) is 22.4 Å². The normalized spacial score (nSPS) is 23.3. The molecule has 1 aliphatic carbocycles. The molecule has 8 heteroatoms. The predicted octanol–water partition coefficient (Wildman–Crippen LogP) is 5.67. The maximum absolute atomic E-state index is 13.8. The lowest BCUT2D eigenvalue weighted by Gasteiger charge is -2.43. The van der Waals surface area contributed by atoms with E-state index in [1.165, 1.54) is 27.3 Å². The summed E-state index contributed by atoms with van der Waals surface area (Å²) in [6, 6.07) is 16.5. The molecule has 2 aromatic heterocycles. The fourth-order valence-corrected chi connectivity index (χ4v) is 7.60. The van der Waals surface area contributed by atoms with Gasteiger partial charge in [-0.25, -0.2) is 0 Å². The molecule has 3 heterocycles. The highest BCUT2D eigenvalue weighted by Crippen LogP contribution is 2.30. The van der Waals surface area contributed by atoms with Crippen molar-refractivity contribution in [1.82, 2.24) is 15.1 Å². The molecule has 1 aliphatic heterocycles. The Balaban J connectivity index is 1.32. The maximum Gasteiger partial charge on any atom is 0.264 e. The van der Waals surface area contributed by atoms with Gasteiger partial charge in [-0.1, -0.05) is 42.0 Å². The van der Waals surface area contributed by atoms with E-state index in [1.54, 1.807) is 11.3 Å². The summed E-state index contributed by atoms with van der Waals surface area (Å²) in [5.74, 6) is 1.07. The third kappa shape index (κ3) is 7.40. The molecule has 0 bridgehead atoms. The monoisotopic (exact) mass is 578 g/mol. The number of thiophene rings is 2. The molecule has 2 amide bonds. The Morgan fingerprint density at radius 3 is 2.35 bits per heavy atom. The predicted molar refractivity (Wildman–Crippen MR) is 164 cm³/mol. The van der Waals surface area contributed by atoms with E-state index in [9.17, 15) is 9.59 Å². The highest BCUT2D eigenvalue weighted by molar-refractivity contribution is 7.12. The van der Waals surface area contributed by atoms with E-state index in [0.29, 0.717) is 36.2 Å². The average Bonchev–Trinajstić information content (AvgIpc) is 3.71. The molecular formula is C32H42N4O2S2. The summed E-state index contributed by atoms with van der Waals surface area (Å²) in [6.45, 7) is 5.79. The molecule has 0 radical (unpaired) electrons. The van der Waals surface area contributed by atoms with Crippen LogP contribution in [0, 0.1) is 18.8 Å². The molecule has 6 nitrogen and oxygen atoms in total. The van der Waals surface area contributed by atoms with Gasteiger partial charge >= 0.3 is 0 Å². The Kier molecular flexibility index (Phi) is 10.1. The van der Waals surface area contributed by atoms with Crippen LogP contribution in [0.3, 0.4) is 0 Å². The number of benzene rings is 1. The van der Waals surface area contributed by atoms with Crippen molar-refractivity contribution in [1.29, 1.82) is 0 Å². The number of nitrogens with one attached hydrogen (secondary N) is 1. The molecule has 1 saturated heterocycles. The molecule has 1 saturated carbocycles. The molecule has 1 unspecified atom stereocenters. The standard InChI is InChI=1S/C32H42N4O2S2/c1-23-6-8-26(9-7-23)21-35(22-28-4-2-16-39-28)27-14-15-36(32(38)30-5-3-17-40-30)29(18-27)31(37)34-20-25-12-10-24(19-33)11-13-25/h2-9,16-17,24-25,27,29H,10-15,18-22,33H2,1H3,(H,34,37)/t24?,25?,27?,29-/m1/s1. The van der Waals surface area contributed by atoms with E-state index >= 15 is 0 Å². The quantitative estimate of drug-likeness (QED) is 0.325. The van der Waals surface area contributed by atoms with Crippen molar-refractivity contribution in [2.24, 2.45) is 17.6 Å². The van der Waals surface area contributed by atoms with E-state index in [2.05, 4.69) is 58.9 Å². The summed E-state index contributed by atoms with van der Waals surface area (Å²) in [7, 11) is 0. The van der Waals surface area contributed by atoms with Gasteiger partial charge in [-0.15, -0.1) is 22.7 Å². The van der Waals surface area contributed by atoms with E-state index < -0.39 is 6.04 Å². The van der Waals surface area contributed by atoms with Gasteiger partial charge in [0.05, 0.1) is 4.88 Å². The summed E-state index contributed by atoms with van der Waals surface area (Å²) < 4.78 is 0. The Labute approximate surface area is 246 Å². The number of amides is 2. The SMILES string of the molecule is Cc1ccc(CN(Cc2cccs2)C2CCN(C(=O)c3cccs3)[C@@H](C(=O)NCC3CCC(CN)CC3)C2)cc1. The van der Waals surface area contributed by atoms with Crippen LogP contribution in [0.25, 0.3) is 0 Å². The number of nitrogens with zero attached hydrogens (tertiary/aromatic N) is 2. The van der Waals surface area contributed by atoms with E-state index in [4.69, 9.17) is 5.73 Å². The van der Waals surface area contributed by atoms with Crippen LogP contribution in [-0.2, 0) is 17.9 Å². The zero-order chi connectivity index (χ0) is 27.9. The highest BCUT2D eigenvalue weighted by atomic mass is 32.1. The Morgan fingerprint density at radius 2 is 1.68 bits per heavy atom. The number of rotatable bonds is 10. The minimum atomic E-state index is -0.474. The zero-order valence-electron chi connectivity index (χ0n) is 23.5. The van der Waals surface area contributed by atoms with Crippen molar-refractivity contribution in [3.8, 4) is 0 Å². The molecule has 3 N–H and O–H groups in total. The lowest BCUT2D eigenvalue weighted by molar-refractivity contribution is -0.128. The van der Waals surface area contributed by atoms with Gasteiger partial charge in [0.1, 0.15) is 6.04 Å². The lowest BCUT2D eigenvalue weighted by Crippen LogP contribution is -2.57. The lowest BCUT2D eigenvalue weighted by atomic mass is 9.82.